The standard InChI is InChI=1S/C18H17BrN2O3/c1-24-16-4-2-3-15(10-16)21-11-12(9-17(21)22)18(23)20-14-7-5-13(19)6-8-14/h2-8,10,12H,9,11H2,1H3,(H,20,23). The largest absolute Gasteiger partial charge is 0.497 e. The predicted molar refractivity (Wildman–Crippen MR) is 96.2 cm³/mol. The fourth-order valence-corrected chi connectivity index (χ4v) is 2.95. The van der Waals surface area contributed by atoms with E-state index in [-0.39, 0.29) is 24.2 Å². The van der Waals surface area contributed by atoms with Crippen LogP contribution in [0, 0.1) is 5.92 Å². The van der Waals surface area contributed by atoms with E-state index in [2.05, 4.69) is 21.2 Å². The van der Waals surface area contributed by atoms with Crippen LogP contribution < -0.4 is 15.0 Å². The van der Waals surface area contributed by atoms with Gasteiger partial charge in [-0.05, 0) is 36.4 Å². The minimum atomic E-state index is -0.368. The van der Waals surface area contributed by atoms with Crippen LogP contribution in [0.3, 0.4) is 0 Å². The molecule has 2 amide bonds. The average Bonchev–Trinajstić information content (AvgIpc) is 2.99. The number of ether oxygens (including phenoxy) is 1. The Bertz CT molecular complexity index is 761. The molecule has 0 aliphatic carbocycles. The van der Waals surface area contributed by atoms with Gasteiger partial charge in [0.25, 0.3) is 0 Å². The zero-order chi connectivity index (χ0) is 17.1. The summed E-state index contributed by atoms with van der Waals surface area (Å²) < 4.78 is 6.14. The number of methoxy groups -OCH3 is 1. The fraction of sp³-hybridized carbons (Fsp3) is 0.222. The molecule has 0 bridgehead atoms. The maximum Gasteiger partial charge on any atom is 0.229 e. The highest BCUT2D eigenvalue weighted by Gasteiger charge is 2.35. The SMILES string of the molecule is COc1cccc(N2CC(C(=O)Nc3ccc(Br)cc3)CC2=O)c1. The summed E-state index contributed by atoms with van der Waals surface area (Å²) in [6, 6.07) is 14.6. The van der Waals surface area contributed by atoms with Crippen LogP contribution in [0.2, 0.25) is 0 Å². The van der Waals surface area contributed by atoms with Gasteiger partial charge in [-0.15, -0.1) is 0 Å². The summed E-state index contributed by atoms with van der Waals surface area (Å²) in [6.45, 7) is 0.369. The number of hydrogen-bond acceptors (Lipinski definition) is 3. The van der Waals surface area contributed by atoms with Crippen LogP contribution in [0.5, 0.6) is 5.75 Å². The lowest BCUT2D eigenvalue weighted by Gasteiger charge is -2.17. The number of amides is 2. The van der Waals surface area contributed by atoms with Gasteiger partial charge >= 0.3 is 0 Å². The van der Waals surface area contributed by atoms with Crippen molar-refractivity contribution >= 4 is 39.1 Å². The molecule has 2 aromatic carbocycles. The number of nitrogens with zero attached hydrogens (tertiary/aromatic N) is 1. The van der Waals surface area contributed by atoms with Crippen LogP contribution in [-0.2, 0) is 9.59 Å². The Morgan fingerprint density at radius 3 is 2.71 bits per heavy atom. The molecule has 5 nitrogen and oxygen atoms in total. The molecule has 2 aromatic rings. The Hall–Kier alpha value is -2.34. The van der Waals surface area contributed by atoms with Gasteiger partial charge in [0.05, 0.1) is 13.0 Å². The second-order valence-electron chi connectivity index (χ2n) is 5.60. The predicted octanol–water partition coefficient (Wildman–Crippen LogP) is 3.45. The lowest BCUT2D eigenvalue weighted by Crippen LogP contribution is -2.28. The summed E-state index contributed by atoms with van der Waals surface area (Å²) in [5.41, 5.74) is 1.47. The van der Waals surface area contributed by atoms with E-state index in [0.717, 1.165) is 15.8 Å². The number of hydrogen-bond donors (Lipinski definition) is 1. The van der Waals surface area contributed by atoms with Crippen LogP contribution in [0.25, 0.3) is 0 Å². The van der Waals surface area contributed by atoms with Crippen LogP contribution >= 0.6 is 15.9 Å². The molecule has 3 rings (SSSR count). The van der Waals surface area contributed by atoms with Crippen molar-refractivity contribution in [2.24, 2.45) is 5.92 Å². The van der Waals surface area contributed by atoms with Crippen molar-refractivity contribution in [1.29, 1.82) is 0 Å². The highest BCUT2D eigenvalue weighted by molar-refractivity contribution is 9.10. The first kappa shape index (κ1) is 16.5. The molecule has 24 heavy (non-hydrogen) atoms. The Kier molecular flexibility index (Phi) is 4.85. The molecule has 1 fully saturated rings. The van der Waals surface area contributed by atoms with Crippen LogP contribution in [-0.4, -0.2) is 25.5 Å². The van der Waals surface area contributed by atoms with Crippen LogP contribution in [0.1, 0.15) is 6.42 Å². The average molecular weight is 389 g/mol. The van der Waals surface area contributed by atoms with Crippen molar-refractivity contribution in [2.45, 2.75) is 6.42 Å². The monoisotopic (exact) mass is 388 g/mol. The van der Waals surface area contributed by atoms with Gasteiger partial charge in [-0.2, -0.15) is 0 Å². The number of rotatable bonds is 4. The van der Waals surface area contributed by atoms with E-state index in [1.807, 2.05) is 42.5 Å². The fourth-order valence-electron chi connectivity index (χ4n) is 2.69. The Morgan fingerprint density at radius 1 is 1.25 bits per heavy atom. The first-order valence-corrected chi connectivity index (χ1v) is 8.37. The van der Waals surface area contributed by atoms with Crippen LogP contribution in [0.15, 0.2) is 53.0 Å². The lowest BCUT2D eigenvalue weighted by atomic mass is 10.1. The quantitative estimate of drug-likeness (QED) is 0.872. The molecule has 1 aliphatic heterocycles. The smallest absolute Gasteiger partial charge is 0.229 e. The second-order valence-corrected chi connectivity index (χ2v) is 6.52. The van der Waals surface area contributed by atoms with Crippen molar-refractivity contribution in [1.82, 2.24) is 0 Å². The van der Waals surface area contributed by atoms with Gasteiger partial charge in [-0.3, -0.25) is 9.59 Å². The molecule has 0 spiro atoms. The highest BCUT2D eigenvalue weighted by atomic mass is 79.9. The molecule has 1 atom stereocenters. The topological polar surface area (TPSA) is 58.6 Å². The molecular formula is C18H17BrN2O3. The zero-order valence-electron chi connectivity index (χ0n) is 13.2. The van der Waals surface area contributed by atoms with Gasteiger partial charge in [-0.25, -0.2) is 0 Å². The molecule has 0 aromatic heterocycles. The van der Waals surface area contributed by atoms with Gasteiger partial charge in [0.2, 0.25) is 11.8 Å². The van der Waals surface area contributed by atoms with Gasteiger partial charge in [0.1, 0.15) is 5.75 Å². The minimum absolute atomic E-state index is 0.0563. The van der Waals surface area contributed by atoms with E-state index in [9.17, 15) is 9.59 Å². The molecule has 6 heteroatoms. The summed E-state index contributed by atoms with van der Waals surface area (Å²) in [6.07, 6.45) is 0.208. The molecular weight excluding hydrogens is 372 g/mol. The lowest BCUT2D eigenvalue weighted by molar-refractivity contribution is -0.122. The minimum Gasteiger partial charge on any atom is -0.497 e. The normalized spacial score (nSPS) is 17.0. The number of carbonyl (C=O) groups excluding carboxylic acids is 2. The van der Waals surface area contributed by atoms with E-state index >= 15 is 0 Å². The molecule has 0 saturated carbocycles. The first-order valence-electron chi connectivity index (χ1n) is 7.57. The van der Waals surface area contributed by atoms with E-state index in [1.165, 1.54) is 0 Å². The van der Waals surface area contributed by atoms with Gasteiger partial charge < -0.3 is 15.0 Å². The Labute approximate surface area is 148 Å². The molecule has 124 valence electrons. The molecule has 1 heterocycles. The highest BCUT2D eigenvalue weighted by Crippen LogP contribution is 2.28. The van der Waals surface area contributed by atoms with Crippen molar-refractivity contribution in [3.8, 4) is 5.75 Å². The summed E-state index contributed by atoms with van der Waals surface area (Å²) >= 11 is 3.36. The molecule has 1 saturated heterocycles. The molecule has 1 unspecified atom stereocenters. The van der Waals surface area contributed by atoms with E-state index < -0.39 is 0 Å². The first-order chi connectivity index (χ1) is 11.6. The third kappa shape index (κ3) is 3.59. The van der Waals surface area contributed by atoms with E-state index in [4.69, 9.17) is 4.74 Å². The second kappa shape index (κ2) is 7.05. The number of carbonyl (C=O) groups is 2. The summed E-state index contributed by atoms with van der Waals surface area (Å²) in [4.78, 5) is 26.3. The molecule has 0 radical (unpaired) electrons. The third-order valence-corrected chi connectivity index (χ3v) is 4.50. The van der Waals surface area contributed by atoms with E-state index in [0.29, 0.717) is 12.3 Å². The Balaban J connectivity index is 1.69. The number of anilines is 2. The van der Waals surface area contributed by atoms with Crippen molar-refractivity contribution in [2.75, 3.05) is 23.9 Å². The third-order valence-electron chi connectivity index (χ3n) is 3.97. The number of benzene rings is 2. The maximum absolute atomic E-state index is 12.4. The van der Waals surface area contributed by atoms with Crippen LogP contribution in [0.4, 0.5) is 11.4 Å². The van der Waals surface area contributed by atoms with E-state index in [1.54, 1.807) is 18.1 Å². The maximum atomic E-state index is 12.4. The Morgan fingerprint density at radius 2 is 2.00 bits per heavy atom. The molecule has 1 aliphatic rings. The van der Waals surface area contributed by atoms with Gasteiger partial charge in [0.15, 0.2) is 0 Å². The zero-order valence-corrected chi connectivity index (χ0v) is 14.7. The van der Waals surface area contributed by atoms with Crippen molar-refractivity contribution < 1.29 is 14.3 Å². The number of nitrogens with one attached hydrogen (secondary N) is 1. The van der Waals surface area contributed by atoms with Crippen molar-refractivity contribution in [3.63, 3.8) is 0 Å². The van der Waals surface area contributed by atoms with Crippen molar-refractivity contribution in [3.05, 3.63) is 53.0 Å². The summed E-state index contributed by atoms with van der Waals surface area (Å²) in [5.74, 6) is 0.116. The van der Waals surface area contributed by atoms with Gasteiger partial charge in [-0.1, -0.05) is 22.0 Å². The molecule has 1 N–H and O–H groups in total. The number of halogens is 1. The van der Waals surface area contributed by atoms with Gasteiger partial charge in [0, 0.05) is 34.9 Å². The summed E-state index contributed by atoms with van der Waals surface area (Å²) in [5, 5.41) is 2.86. The summed E-state index contributed by atoms with van der Waals surface area (Å²) in [7, 11) is 1.58.